The monoisotopic (exact) mass is 488 g/mol. The summed E-state index contributed by atoms with van der Waals surface area (Å²) in [5.41, 5.74) is 2.94. The minimum Gasteiger partial charge on any atom is -0.463 e. The zero-order chi connectivity index (χ0) is 22.7. The lowest BCUT2D eigenvalue weighted by Crippen LogP contribution is -2.35. The Labute approximate surface area is 199 Å². The predicted molar refractivity (Wildman–Crippen MR) is 128 cm³/mol. The van der Waals surface area contributed by atoms with Crippen molar-refractivity contribution in [3.63, 3.8) is 0 Å². The summed E-state index contributed by atoms with van der Waals surface area (Å²) in [6.07, 6.45) is 0. The maximum atomic E-state index is 13.9. The highest BCUT2D eigenvalue weighted by Crippen LogP contribution is 2.48. The number of hydrogen-bond donors (Lipinski definition) is 0. The molecule has 0 amide bonds. The first-order valence-corrected chi connectivity index (χ1v) is 11.4. The Bertz CT molecular complexity index is 1390. The molecule has 0 fully saturated rings. The number of halogens is 3. The highest BCUT2D eigenvalue weighted by atomic mass is 35.5. The third kappa shape index (κ3) is 3.06. The summed E-state index contributed by atoms with van der Waals surface area (Å²) in [5.74, 6) is -0.367. The van der Waals surface area contributed by atoms with E-state index >= 15 is 0 Å². The van der Waals surface area contributed by atoms with Gasteiger partial charge in [0.1, 0.15) is 5.82 Å². The largest absolute Gasteiger partial charge is 0.463 e. The zero-order valence-electron chi connectivity index (χ0n) is 17.4. The zero-order valence-corrected chi connectivity index (χ0v) is 19.7. The van der Waals surface area contributed by atoms with Crippen LogP contribution in [-0.4, -0.2) is 23.7 Å². The molecule has 3 aromatic rings. The fourth-order valence-electron chi connectivity index (χ4n) is 4.86. The number of nitrogens with zero attached hydrogens (tertiary/aromatic N) is 2. The van der Waals surface area contributed by atoms with E-state index in [1.54, 1.807) is 37.3 Å². The van der Waals surface area contributed by atoms with Gasteiger partial charge < -0.3 is 14.2 Å². The molecule has 0 bridgehead atoms. The van der Waals surface area contributed by atoms with Crippen LogP contribution in [0.25, 0.3) is 10.9 Å². The normalized spacial score (nSPS) is 17.2. The molecule has 0 radical (unpaired) electrons. The second-order valence-corrected chi connectivity index (χ2v) is 9.13. The van der Waals surface area contributed by atoms with Crippen molar-refractivity contribution in [2.24, 2.45) is 0 Å². The lowest BCUT2D eigenvalue weighted by Gasteiger charge is -2.35. The SMILES string of the molecule is CCOC(=O)C1=C(C)N2CCn3c2c(c(=O)c2ccc(Cl)cc23)C1c1ccc(Cl)cc1Cl. The van der Waals surface area contributed by atoms with E-state index in [9.17, 15) is 9.59 Å². The quantitative estimate of drug-likeness (QED) is 0.439. The average molecular weight is 490 g/mol. The van der Waals surface area contributed by atoms with E-state index in [4.69, 9.17) is 39.5 Å². The lowest BCUT2D eigenvalue weighted by atomic mass is 9.80. The van der Waals surface area contributed by atoms with Crippen molar-refractivity contribution in [1.82, 2.24) is 4.57 Å². The van der Waals surface area contributed by atoms with Crippen LogP contribution in [0.2, 0.25) is 15.1 Å². The van der Waals surface area contributed by atoms with E-state index in [1.807, 2.05) is 17.9 Å². The molecule has 1 atom stereocenters. The number of carbonyl (C=O) groups excluding carboxylic acids is 1. The van der Waals surface area contributed by atoms with Gasteiger partial charge in [-0.25, -0.2) is 4.79 Å². The Kier molecular flexibility index (Phi) is 5.24. The lowest BCUT2D eigenvalue weighted by molar-refractivity contribution is -0.138. The van der Waals surface area contributed by atoms with Crippen molar-refractivity contribution >= 4 is 57.5 Å². The first-order valence-electron chi connectivity index (χ1n) is 10.3. The number of rotatable bonds is 3. The predicted octanol–water partition coefficient (Wildman–Crippen LogP) is 5.76. The Hall–Kier alpha value is -2.47. The average Bonchev–Trinajstić information content (AvgIpc) is 3.18. The molecule has 0 spiro atoms. The third-order valence-corrected chi connectivity index (χ3v) is 6.98. The Morgan fingerprint density at radius 3 is 2.53 bits per heavy atom. The highest BCUT2D eigenvalue weighted by Gasteiger charge is 2.42. The van der Waals surface area contributed by atoms with Crippen molar-refractivity contribution < 1.29 is 9.53 Å². The van der Waals surface area contributed by atoms with Crippen molar-refractivity contribution in [2.45, 2.75) is 26.3 Å². The Balaban J connectivity index is 1.91. The van der Waals surface area contributed by atoms with Crippen LogP contribution in [0, 0.1) is 0 Å². The van der Waals surface area contributed by atoms with Gasteiger partial charge in [0, 0.05) is 39.2 Å². The first-order chi connectivity index (χ1) is 15.3. The Morgan fingerprint density at radius 2 is 1.81 bits per heavy atom. The molecular formula is C24H19Cl3N2O3. The van der Waals surface area contributed by atoms with Crippen molar-refractivity contribution in [1.29, 1.82) is 0 Å². The van der Waals surface area contributed by atoms with E-state index in [2.05, 4.69) is 4.57 Å². The summed E-state index contributed by atoms with van der Waals surface area (Å²) < 4.78 is 7.51. The molecule has 5 rings (SSSR count). The maximum Gasteiger partial charge on any atom is 0.336 e. The molecule has 0 saturated carbocycles. The maximum absolute atomic E-state index is 13.9. The van der Waals surface area contributed by atoms with Gasteiger partial charge in [-0.2, -0.15) is 0 Å². The van der Waals surface area contributed by atoms with Crippen LogP contribution in [-0.2, 0) is 16.1 Å². The summed E-state index contributed by atoms with van der Waals surface area (Å²) in [4.78, 5) is 29.1. The first kappa shape index (κ1) is 21.4. The molecule has 3 heterocycles. The number of benzene rings is 2. The van der Waals surface area contributed by atoms with E-state index in [-0.39, 0.29) is 12.0 Å². The van der Waals surface area contributed by atoms with Gasteiger partial charge in [0.05, 0.1) is 29.2 Å². The van der Waals surface area contributed by atoms with Crippen LogP contribution in [0.5, 0.6) is 0 Å². The molecule has 8 heteroatoms. The summed E-state index contributed by atoms with van der Waals surface area (Å²) in [6, 6.07) is 10.4. The standard InChI is InChI=1S/C24H19Cl3N2O3/c1-3-32-24(31)19-12(2)28-8-9-29-18-11-14(26)5-7-16(18)22(30)21(23(28)29)20(19)15-6-4-13(25)10-17(15)27/h4-7,10-11,20H,3,8-9H2,1-2H3. The van der Waals surface area contributed by atoms with Crippen molar-refractivity contribution in [3.05, 3.63) is 84.1 Å². The summed E-state index contributed by atoms with van der Waals surface area (Å²) in [7, 11) is 0. The molecule has 2 aromatic carbocycles. The number of pyridine rings is 1. The molecule has 0 saturated heterocycles. The van der Waals surface area contributed by atoms with Crippen LogP contribution < -0.4 is 10.3 Å². The van der Waals surface area contributed by atoms with E-state index in [1.165, 1.54) is 0 Å². The molecule has 32 heavy (non-hydrogen) atoms. The van der Waals surface area contributed by atoms with Gasteiger partial charge in [0.15, 0.2) is 5.43 Å². The van der Waals surface area contributed by atoms with E-state index < -0.39 is 11.9 Å². The number of esters is 1. The molecule has 0 aliphatic carbocycles. The number of anilines is 1. The minimum atomic E-state index is -0.679. The number of allylic oxidation sites excluding steroid dienone is 1. The van der Waals surface area contributed by atoms with Gasteiger partial charge >= 0.3 is 5.97 Å². The van der Waals surface area contributed by atoms with Gasteiger partial charge in [-0.3, -0.25) is 4.79 Å². The van der Waals surface area contributed by atoms with Gasteiger partial charge in [0.25, 0.3) is 0 Å². The van der Waals surface area contributed by atoms with Gasteiger partial charge in [-0.15, -0.1) is 0 Å². The van der Waals surface area contributed by atoms with Gasteiger partial charge in [0.2, 0.25) is 0 Å². The fraction of sp³-hybridized carbons (Fsp3) is 0.250. The topological polar surface area (TPSA) is 51.5 Å². The fourth-order valence-corrected chi connectivity index (χ4v) is 5.54. The molecule has 0 N–H and O–H groups in total. The number of aromatic nitrogens is 1. The molecule has 5 nitrogen and oxygen atoms in total. The number of carbonyl (C=O) groups is 1. The van der Waals surface area contributed by atoms with Crippen molar-refractivity contribution in [3.8, 4) is 0 Å². The third-order valence-electron chi connectivity index (χ3n) is 6.18. The van der Waals surface area contributed by atoms with Crippen molar-refractivity contribution in [2.75, 3.05) is 18.1 Å². The van der Waals surface area contributed by atoms with Crippen LogP contribution in [0.1, 0.15) is 30.9 Å². The summed E-state index contributed by atoms with van der Waals surface area (Å²) in [5, 5.41) is 1.97. The molecule has 2 aliphatic rings. The molecule has 1 aromatic heterocycles. The van der Waals surface area contributed by atoms with E-state index in [0.29, 0.717) is 50.2 Å². The molecule has 2 aliphatic heterocycles. The molecule has 1 unspecified atom stereocenters. The second-order valence-electron chi connectivity index (χ2n) is 7.85. The minimum absolute atomic E-state index is 0.153. The number of ether oxygens (including phenoxy) is 1. The number of hydrogen-bond acceptors (Lipinski definition) is 4. The van der Waals surface area contributed by atoms with Crippen LogP contribution in [0.15, 0.2) is 52.5 Å². The second kappa shape index (κ2) is 7.84. The smallest absolute Gasteiger partial charge is 0.336 e. The summed E-state index contributed by atoms with van der Waals surface area (Å²) >= 11 is 19.0. The highest BCUT2D eigenvalue weighted by molar-refractivity contribution is 6.35. The van der Waals surface area contributed by atoms with E-state index in [0.717, 1.165) is 17.0 Å². The van der Waals surface area contributed by atoms with Crippen LogP contribution in [0.4, 0.5) is 5.82 Å². The molecular weight excluding hydrogens is 471 g/mol. The number of fused-ring (bicyclic) bond motifs is 2. The molecule has 164 valence electrons. The van der Waals surface area contributed by atoms with Gasteiger partial charge in [-0.1, -0.05) is 40.9 Å². The van der Waals surface area contributed by atoms with Gasteiger partial charge in [-0.05, 0) is 49.7 Å². The van der Waals surface area contributed by atoms with Crippen LogP contribution >= 0.6 is 34.8 Å². The van der Waals surface area contributed by atoms with Crippen LogP contribution in [0.3, 0.4) is 0 Å². The Morgan fingerprint density at radius 1 is 1.09 bits per heavy atom. The summed E-state index contributed by atoms with van der Waals surface area (Å²) in [6.45, 7) is 5.16.